The van der Waals surface area contributed by atoms with Gasteiger partial charge in [0.05, 0.1) is 6.26 Å². The van der Waals surface area contributed by atoms with Gasteiger partial charge in [-0.25, -0.2) is 23.1 Å². The summed E-state index contributed by atoms with van der Waals surface area (Å²) in [4.78, 5) is 12.4. The third-order valence-corrected chi connectivity index (χ3v) is 2.86. The highest BCUT2D eigenvalue weighted by Crippen LogP contribution is 2.09. The Morgan fingerprint density at radius 3 is 2.72 bits per heavy atom. The van der Waals surface area contributed by atoms with Crippen LogP contribution in [0.15, 0.2) is 24.5 Å². The summed E-state index contributed by atoms with van der Waals surface area (Å²) in [7, 11) is -3.15. The average Bonchev–Trinajstić information content (AvgIpc) is 2.33. The van der Waals surface area contributed by atoms with Gasteiger partial charge in [-0.1, -0.05) is 0 Å². The van der Waals surface area contributed by atoms with E-state index >= 15 is 0 Å². The van der Waals surface area contributed by atoms with Crippen molar-refractivity contribution < 1.29 is 8.42 Å². The maximum absolute atomic E-state index is 10.8. The molecule has 8 heteroatoms. The van der Waals surface area contributed by atoms with Crippen LogP contribution in [0.3, 0.4) is 0 Å². The van der Waals surface area contributed by atoms with Crippen LogP contribution in [0.1, 0.15) is 0 Å². The molecule has 0 bridgehead atoms. The van der Waals surface area contributed by atoms with Crippen LogP contribution in [0.5, 0.6) is 0 Å². The van der Waals surface area contributed by atoms with Crippen LogP contribution < -0.4 is 10.0 Å². The fourth-order valence-corrected chi connectivity index (χ4v) is 1.85. The first-order valence-electron chi connectivity index (χ1n) is 5.31. The Bertz CT molecular complexity index is 644. The molecule has 7 nitrogen and oxygen atoms in total. The molecule has 0 atom stereocenters. The van der Waals surface area contributed by atoms with Gasteiger partial charge in [-0.05, 0) is 12.1 Å². The summed E-state index contributed by atoms with van der Waals surface area (Å²) in [6.45, 7) is 0.755. The minimum absolute atomic E-state index is 0.305. The maximum Gasteiger partial charge on any atom is 0.208 e. The number of pyridine rings is 1. The van der Waals surface area contributed by atoms with E-state index in [9.17, 15) is 8.42 Å². The van der Waals surface area contributed by atoms with Crippen LogP contribution in [0, 0.1) is 0 Å². The molecule has 2 N–H and O–H groups in total. The number of hydrogen-bond acceptors (Lipinski definition) is 6. The molecule has 0 aromatic carbocycles. The molecule has 0 amide bonds. The van der Waals surface area contributed by atoms with Gasteiger partial charge in [-0.3, -0.25) is 4.98 Å². The van der Waals surface area contributed by atoms with Crippen molar-refractivity contribution >= 4 is 27.0 Å². The largest absolute Gasteiger partial charge is 0.369 e. The zero-order valence-electron chi connectivity index (χ0n) is 9.79. The zero-order valence-corrected chi connectivity index (χ0v) is 10.6. The lowest BCUT2D eigenvalue weighted by Gasteiger charge is -2.06. The number of hydrogen-bond donors (Lipinski definition) is 2. The highest BCUT2D eigenvalue weighted by atomic mass is 32.2. The van der Waals surface area contributed by atoms with Gasteiger partial charge in [-0.15, -0.1) is 0 Å². The SMILES string of the molecule is CS(=O)(=O)NCCNc1ccc2nccnc2n1. The predicted molar refractivity (Wildman–Crippen MR) is 68.7 cm³/mol. The van der Waals surface area contributed by atoms with Gasteiger partial charge in [0.15, 0.2) is 5.65 Å². The van der Waals surface area contributed by atoms with Crippen LogP contribution in [-0.4, -0.2) is 42.7 Å². The van der Waals surface area contributed by atoms with Crippen LogP contribution in [0.4, 0.5) is 5.82 Å². The number of nitrogens with one attached hydrogen (secondary N) is 2. The Hall–Kier alpha value is -1.80. The second-order valence-corrected chi connectivity index (χ2v) is 5.52. The van der Waals surface area contributed by atoms with E-state index in [0.29, 0.717) is 24.6 Å². The zero-order chi connectivity index (χ0) is 13.0. The number of fused-ring (bicyclic) bond motifs is 1. The molecular formula is C10H13N5O2S. The minimum Gasteiger partial charge on any atom is -0.369 e. The lowest BCUT2D eigenvalue weighted by Crippen LogP contribution is -2.27. The van der Waals surface area contributed by atoms with Crippen molar-refractivity contribution in [1.29, 1.82) is 0 Å². The summed E-state index contributed by atoms with van der Waals surface area (Å²) in [5.74, 6) is 0.637. The number of aromatic nitrogens is 3. The van der Waals surface area contributed by atoms with Crippen LogP contribution >= 0.6 is 0 Å². The fraction of sp³-hybridized carbons (Fsp3) is 0.300. The molecule has 2 aromatic heterocycles. The first-order valence-corrected chi connectivity index (χ1v) is 7.20. The predicted octanol–water partition coefficient (Wildman–Crippen LogP) is -0.0141. The highest BCUT2D eigenvalue weighted by molar-refractivity contribution is 7.88. The third-order valence-electron chi connectivity index (χ3n) is 2.13. The topological polar surface area (TPSA) is 96.9 Å². The van der Waals surface area contributed by atoms with Crippen molar-refractivity contribution in [2.45, 2.75) is 0 Å². The van der Waals surface area contributed by atoms with Crippen molar-refractivity contribution in [2.75, 3.05) is 24.7 Å². The Morgan fingerprint density at radius 2 is 1.94 bits per heavy atom. The monoisotopic (exact) mass is 267 g/mol. The molecule has 0 fully saturated rings. The summed E-state index contributed by atoms with van der Waals surface area (Å²) in [6.07, 6.45) is 4.30. The summed E-state index contributed by atoms with van der Waals surface area (Å²) >= 11 is 0. The van der Waals surface area contributed by atoms with Crippen LogP contribution in [0.25, 0.3) is 11.2 Å². The Balaban J connectivity index is 1.96. The summed E-state index contributed by atoms with van der Waals surface area (Å²) in [5.41, 5.74) is 1.27. The molecule has 2 heterocycles. The van der Waals surface area contributed by atoms with E-state index < -0.39 is 10.0 Å². The second-order valence-electron chi connectivity index (χ2n) is 3.69. The molecule has 0 radical (unpaired) electrons. The lowest BCUT2D eigenvalue weighted by molar-refractivity contribution is 0.589. The first kappa shape index (κ1) is 12.7. The van der Waals surface area contributed by atoms with Gasteiger partial charge >= 0.3 is 0 Å². The molecule has 2 rings (SSSR count). The van der Waals surface area contributed by atoms with E-state index in [2.05, 4.69) is 25.0 Å². The van der Waals surface area contributed by atoms with Gasteiger partial charge in [0.1, 0.15) is 11.3 Å². The van der Waals surface area contributed by atoms with Crippen molar-refractivity contribution in [3.8, 4) is 0 Å². The molecule has 0 aliphatic carbocycles. The molecule has 2 aromatic rings. The summed E-state index contributed by atoms with van der Waals surface area (Å²) in [6, 6.07) is 3.58. The van der Waals surface area contributed by atoms with E-state index in [1.165, 1.54) is 0 Å². The van der Waals surface area contributed by atoms with Gasteiger partial charge in [0.25, 0.3) is 0 Å². The van der Waals surface area contributed by atoms with Crippen LogP contribution in [0.2, 0.25) is 0 Å². The second kappa shape index (κ2) is 5.23. The Kier molecular flexibility index (Phi) is 3.68. The highest BCUT2D eigenvalue weighted by Gasteiger charge is 2.01. The number of nitrogens with zero attached hydrogens (tertiary/aromatic N) is 3. The Morgan fingerprint density at radius 1 is 1.17 bits per heavy atom. The van der Waals surface area contributed by atoms with Crippen molar-refractivity contribution in [3.63, 3.8) is 0 Å². The normalized spacial score (nSPS) is 11.6. The van der Waals surface area contributed by atoms with Crippen molar-refractivity contribution in [3.05, 3.63) is 24.5 Å². The van der Waals surface area contributed by atoms with Gasteiger partial charge < -0.3 is 5.32 Å². The maximum atomic E-state index is 10.8. The number of rotatable bonds is 5. The van der Waals surface area contributed by atoms with E-state index in [0.717, 1.165) is 11.8 Å². The molecule has 0 saturated heterocycles. The number of sulfonamides is 1. The smallest absolute Gasteiger partial charge is 0.208 e. The van der Waals surface area contributed by atoms with E-state index in [-0.39, 0.29) is 0 Å². The van der Waals surface area contributed by atoms with Gasteiger partial charge in [0, 0.05) is 25.5 Å². The van der Waals surface area contributed by atoms with Crippen LogP contribution in [-0.2, 0) is 10.0 Å². The average molecular weight is 267 g/mol. The molecule has 18 heavy (non-hydrogen) atoms. The molecular weight excluding hydrogens is 254 g/mol. The lowest BCUT2D eigenvalue weighted by atomic mass is 10.4. The first-order chi connectivity index (χ1) is 8.54. The molecule has 0 aliphatic rings. The van der Waals surface area contributed by atoms with E-state index in [1.807, 2.05) is 6.07 Å². The number of anilines is 1. The van der Waals surface area contributed by atoms with Crippen molar-refractivity contribution in [1.82, 2.24) is 19.7 Å². The summed E-state index contributed by atoms with van der Waals surface area (Å²) in [5, 5.41) is 3.00. The third kappa shape index (κ3) is 3.60. The standard InChI is InChI=1S/C10H13N5O2S/c1-18(16,17)14-7-6-12-9-3-2-8-10(15-9)13-5-4-11-8/h2-5,14H,6-7H2,1H3,(H,12,13,15). The van der Waals surface area contributed by atoms with E-state index in [1.54, 1.807) is 18.5 Å². The Labute approximate surface area is 105 Å². The molecule has 0 unspecified atom stereocenters. The quantitative estimate of drug-likeness (QED) is 0.739. The molecule has 96 valence electrons. The van der Waals surface area contributed by atoms with E-state index in [4.69, 9.17) is 0 Å². The summed E-state index contributed by atoms with van der Waals surface area (Å²) < 4.78 is 24.1. The minimum atomic E-state index is -3.15. The molecule has 0 aliphatic heterocycles. The van der Waals surface area contributed by atoms with Gasteiger partial charge in [-0.2, -0.15) is 0 Å². The van der Waals surface area contributed by atoms with Crippen molar-refractivity contribution in [2.24, 2.45) is 0 Å². The van der Waals surface area contributed by atoms with Gasteiger partial charge in [0.2, 0.25) is 10.0 Å². The molecule has 0 saturated carbocycles. The fourth-order valence-electron chi connectivity index (χ4n) is 1.38. The molecule has 0 spiro atoms.